The summed E-state index contributed by atoms with van der Waals surface area (Å²) in [5.74, 6) is 0.193. The maximum Gasteiger partial charge on any atom is 0.409 e. The topological polar surface area (TPSA) is 111 Å². The van der Waals surface area contributed by atoms with Gasteiger partial charge in [-0.05, 0) is 49.4 Å². The Labute approximate surface area is 175 Å². The lowest BCUT2D eigenvalue weighted by Crippen LogP contribution is -2.44. The van der Waals surface area contributed by atoms with Gasteiger partial charge in [0.15, 0.2) is 0 Å². The number of anilines is 3. The molecule has 8 heteroatoms. The molecule has 2 unspecified atom stereocenters. The van der Waals surface area contributed by atoms with E-state index in [4.69, 9.17) is 10.8 Å². The predicted molar refractivity (Wildman–Crippen MR) is 118 cm³/mol. The average molecular weight is 409 g/mol. The second kappa shape index (κ2) is 8.33. The molecule has 0 aromatic heterocycles. The van der Waals surface area contributed by atoms with Crippen molar-refractivity contribution in [3.63, 3.8) is 0 Å². The Morgan fingerprint density at radius 1 is 1.03 bits per heavy atom. The lowest BCUT2D eigenvalue weighted by Gasteiger charge is -2.35. The standard InChI is InChI=1S/C22H27N5O3/c1-26-8-10-27(11-9-26)20-12-15(4-7-19(20)25-22(29)30)21(28)24-16-5-2-14(3-6-16)17-13-18(17)23/h2-7,12,17-18,25H,8-11,13,23H2,1H3,(H,24,28)(H,29,30). The minimum absolute atomic E-state index is 0.233. The molecule has 1 aliphatic carbocycles. The number of rotatable bonds is 5. The number of amides is 2. The number of nitrogens with one attached hydrogen (secondary N) is 2. The average Bonchev–Trinajstić information content (AvgIpc) is 3.45. The molecule has 0 bridgehead atoms. The molecule has 0 radical (unpaired) electrons. The molecule has 5 N–H and O–H groups in total. The number of hydrogen-bond acceptors (Lipinski definition) is 5. The summed E-state index contributed by atoms with van der Waals surface area (Å²) in [7, 11) is 2.06. The fourth-order valence-corrected chi connectivity index (χ4v) is 3.82. The van der Waals surface area contributed by atoms with Gasteiger partial charge in [0.2, 0.25) is 0 Å². The van der Waals surface area contributed by atoms with Crippen LogP contribution in [0, 0.1) is 0 Å². The number of carbonyl (C=O) groups is 2. The van der Waals surface area contributed by atoms with Gasteiger partial charge in [-0.2, -0.15) is 0 Å². The molecule has 158 valence electrons. The third kappa shape index (κ3) is 4.55. The van der Waals surface area contributed by atoms with E-state index in [0.717, 1.165) is 38.3 Å². The summed E-state index contributed by atoms with van der Waals surface area (Å²) < 4.78 is 0. The van der Waals surface area contributed by atoms with E-state index in [1.165, 1.54) is 5.56 Å². The predicted octanol–water partition coefficient (Wildman–Crippen LogP) is 2.60. The molecular formula is C22H27N5O3. The maximum absolute atomic E-state index is 12.8. The van der Waals surface area contributed by atoms with E-state index >= 15 is 0 Å². The molecule has 1 saturated carbocycles. The quantitative estimate of drug-likeness (QED) is 0.604. The highest BCUT2D eigenvalue weighted by Gasteiger charge is 2.34. The Bertz CT molecular complexity index is 938. The Morgan fingerprint density at radius 3 is 2.30 bits per heavy atom. The van der Waals surface area contributed by atoms with Gasteiger partial charge in [0.05, 0.1) is 11.4 Å². The van der Waals surface area contributed by atoms with Crippen LogP contribution in [0.5, 0.6) is 0 Å². The molecule has 2 fully saturated rings. The third-order valence-corrected chi connectivity index (χ3v) is 5.78. The van der Waals surface area contributed by atoms with Crippen molar-refractivity contribution >= 4 is 29.1 Å². The first-order chi connectivity index (χ1) is 14.4. The van der Waals surface area contributed by atoms with Gasteiger partial charge >= 0.3 is 6.09 Å². The van der Waals surface area contributed by atoms with Crippen LogP contribution in [0.1, 0.15) is 28.3 Å². The Balaban J connectivity index is 1.51. The molecule has 2 amide bonds. The number of likely N-dealkylation sites (N-methyl/N-ethyl adjacent to an activating group) is 1. The van der Waals surface area contributed by atoms with E-state index in [2.05, 4.69) is 27.5 Å². The lowest BCUT2D eigenvalue weighted by atomic mass is 10.1. The van der Waals surface area contributed by atoms with Crippen LogP contribution < -0.4 is 21.3 Å². The van der Waals surface area contributed by atoms with Gasteiger partial charge in [-0.1, -0.05) is 12.1 Å². The van der Waals surface area contributed by atoms with Gasteiger partial charge in [-0.25, -0.2) is 4.79 Å². The van der Waals surface area contributed by atoms with Gasteiger partial charge in [0, 0.05) is 49.4 Å². The fourth-order valence-electron chi connectivity index (χ4n) is 3.82. The lowest BCUT2D eigenvalue weighted by molar-refractivity contribution is 0.102. The summed E-state index contributed by atoms with van der Waals surface area (Å²) in [5.41, 5.74) is 9.49. The number of carbonyl (C=O) groups excluding carboxylic acids is 1. The van der Waals surface area contributed by atoms with Crippen molar-refractivity contribution < 1.29 is 14.7 Å². The zero-order valence-electron chi connectivity index (χ0n) is 17.0. The molecule has 2 atom stereocenters. The second-order valence-corrected chi connectivity index (χ2v) is 8.03. The zero-order valence-corrected chi connectivity index (χ0v) is 17.0. The summed E-state index contributed by atoms with van der Waals surface area (Å²) in [6, 6.07) is 13.1. The van der Waals surface area contributed by atoms with Crippen molar-refractivity contribution in [2.75, 3.05) is 48.8 Å². The van der Waals surface area contributed by atoms with Crippen molar-refractivity contribution in [3.8, 4) is 0 Å². The number of nitrogens with zero attached hydrogens (tertiary/aromatic N) is 2. The minimum atomic E-state index is -1.13. The number of hydrogen-bond donors (Lipinski definition) is 4. The SMILES string of the molecule is CN1CCN(c2cc(C(=O)Nc3ccc(C4CC4N)cc3)ccc2NC(=O)O)CC1. The van der Waals surface area contributed by atoms with Crippen LogP contribution in [-0.2, 0) is 0 Å². The van der Waals surface area contributed by atoms with Crippen molar-refractivity contribution in [1.82, 2.24) is 4.90 Å². The first kappa shape index (κ1) is 20.2. The summed E-state index contributed by atoms with van der Waals surface area (Å²) in [5, 5.41) is 14.5. The highest BCUT2D eigenvalue weighted by Crippen LogP contribution is 2.39. The van der Waals surface area contributed by atoms with Gasteiger partial charge in [0.25, 0.3) is 5.91 Å². The van der Waals surface area contributed by atoms with Gasteiger partial charge in [0.1, 0.15) is 0 Å². The highest BCUT2D eigenvalue weighted by molar-refractivity contribution is 6.06. The molecule has 8 nitrogen and oxygen atoms in total. The maximum atomic E-state index is 12.8. The van der Waals surface area contributed by atoms with Crippen molar-refractivity contribution in [2.24, 2.45) is 5.73 Å². The molecule has 1 saturated heterocycles. The van der Waals surface area contributed by atoms with Crippen LogP contribution in [0.2, 0.25) is 0 Å². The Kier molecular flexibility index (Phi) is 5.61. The molecule has 1 heterocycles. The summed E-state index contributed by atoms with van der Waals surface area (Å²) >= 11 is 0. The number of piperazine rings is 1. The van der Waals surface area contributed by atoms with E-state index in [9.17, 15) is 9.59 Å². The molecule has 2 aliphatic rings. The van der Waals surface area contributed by atoms with Gasteiger partial charge in [-0.15, -0.1) is 0 Å². The fraction of sp³-hybridized carbons (Fsp3) is 0.364. The van der Waals surface area contributed by atoms with E-state index < -0.39 is 6.09 Å². The van der Waals surface area contributed by atoms with Gasteiger partial charge in [-0.3, -0.25) is 10.1 Å². The largest absolute Gasteiger partial charge is 0.465 e. The van der Waals surface area contributed by atoms with Crippen LogP contribution in [0.15, 0.2) is 42.5 Å². The van der Waals surface area contributed by atoms with Crippen LogP contribution >= 0.6 is 0 Å². The summed E-state index contributed by atoms with van der Waals surface area (Å²) in [6.07, 6.45) is -0.115. The third-order valence-electron chi connectivity index (χ3n) is 5.78. The van der Waals surface area contributed by atoms with Crippen molar-refractivity contribution in [1.29, 1.82) is 0 Å². The first-order valence-corrected chi connectivity index (χ1v) is 10.1. The minimum Gasteiger partial charge on any atom is -0.465 e. The molecule has 2 aromatic carbocycles. The number of benzene rings is 2. The van der Waals surface area contributed by atoms with Crippen molar-refractivity contribution in [3.05, 3.63) is 53.6 Å². The summed E-state index contributed by atoms with van der Waals surface area (Å²) in [6.45, 7) is 3.28. The van der Waals surface area contributed by atoms with Crippen LogP contribution in [0.4, 0.5) is 21.9 Å². The molecule has 2 aromatic rings. The van der Waals surface area contributed by atoms with Crippen LogP contribution in [0.3, 0.4) is 0 Å². The molecule has 1 aliphatic heterocycles. The zero-order chi connectivity index (χ0) is 21.3. The Morgan fingerprint density at radius 2 is 1.70 bits per heavy atom. The number of nitrogens with two attached hydrogens (primary N) is 1. The first-order valence-electron chi connectivity index (χ1n) is 10.1. The summed E-state index contributed by atoms with van der Waals surface area (Å²) in [4.78, 5) is 28.3. The van der Waals surface area contributed by atoms with E-state index in [1.54, 1.807) is 18.2 Å². The van der Waals surface area contributed by atoms with E-state index in [-0.39, 0.29) is 11.9 Å². The van der Waals surface area contributed by atoms with Crippen LogP contribution in [-0.4, -0.2) is 61.3 Å². The monoisotopic (exact) mass is 409 g/mol. The highest BCUT2D eigenvalue weighted by atomic mass is 16.4. The molecule has 0 spiro atoms. The molecule has 4 rings (SSSR count). The normalized spacial score (nSPS) is 21.2. The van der Waals surface area contributed by atoms with E-state index in [0.29, 0.717) is 22.9 Å². The van der Waals surface area contributed by atoms with Crippen LogP contribution in [0.25, 0.3) is 0 Å². The van der Waals surface area contributed by atoms with Gasteiger partial charge < -0.3 is 26.0 Å². The smallest absolute Gasteiger partial charge is 0.409 e. The number of carboxylic acid groups (broad SMARTS) is 1. The second-order valence-electron chi connectivity index (χ2n) is 8.03. The van der Waals surface area contributed by atoms with Crippen molar-refractivity contribution in [2.45, 2.75) is 18.4 Å². The molecular weight excluding hydrogens is 382 g/mol. The van der Waals surface area contributed by atoms with E-state index in [1.807, 2.05) is 24.3 Å². The Hall–Kier alpha value is -3.10. The molecule has 30 heavy (non-hydrogen) atoms.